The van der Waals surface area contributed by atoms with Gasteiger partial charge in [-0.05, 0) is 12.0 Å². The Kier molecular flexibility index (Phi) is 5.38. The molecule has 1 aliphatic rings. The molecule has 1 fully saturated rings. The average Bonchev–Trinajstić information content (AvgIpc) is 2.52. The first-order valence-electron chi connectivity index (χ1n) is 6.90. The van der Waals surface area contributed by atoms with E-state index in [2.05, 4.69) is 0 Å². The van der Waals surface area contributed by atoms with Crippen LogP contribution in [-0.4, -0.2) is 47.5 Å². The lowest BCUT2D eigenvalue weighted by Crippen LogP contribution is -2.46. The molecule has 0 spiro atoms. The number of ether oxygens (including phenoxy) is 1. The van der Waals surface area contributed by atoms with Gasteiger partial charge in [0.15, 0.2) is 0 Å². The maximum atomic E-state index is 12.0. The Bertz CT molecular complexity index is 411. The Balaban J connectivity index is 1.87. The third kappa shape index (κ3) is 3.95. The molecule has 110 valence electrons. The van der Waals surface area contributed by atoms with Gasteiger partial charge in [-0.15, -0.1) is 0 Å². The molecule has 5 heteroatoms. The summed E-state index contributed by atoms with van der Waals surface area (Å²) in [5.41, 5.74) is 0.940. The highest BCUT2D eigenvalue weighted by Gasteiger charge is 2.30. The van der Waals surface area contributed by atoms with Crippen LogP contribution in [0.1, 0.15) is 12.0 Å². The highest BCUT2D eigenvalue weighted by atomic mass is 16.6. The maximum absolute atomic E-state index is 12.0. The summed E-state index contributed by atoms with van der Waals surface area (Å²) >= 11 is 0. The summed E-state index contributed by atoms with van der Waals surface area (Å²) < 4.78 is 5.28. The molecule has 2 rings (SSSR count). The highest BCUT2D eigenvalue weighted by molar-refractivity contribution is 5.67. The molecule has 0 aliphatic carbocycles. The van der Waals surface area contributed by atoms with Crippen molar-refractivity contribution in [1.82, 2.24) is 4.90 Å². The van der Waals surface area contributed by atoms with E-state index in [-0.39, 0.29) is 37.7 Å². The number of benzene rings is 1. The molecule has 0 saturated carbocycles. The van der Waals surface area contributed by atoms with Crippen LogP contribution in [0.3, 0.4) is 0 Å². The summed E-state index contributed by atoms with van der Waals surface area (Å²) in [6.07, 6.45) is 0.362. The van der Waals surface area contributed by atoms with Gasteiger partial charge in [0.2, 0.25) is 0 Å². The molecular formula is C15H21NO4. The zero-order valence-corrected chi connectivity index (χ0v) is 11.4. The van der Waals surface area contributed by atoms with Crippen molar-refractivity contribution in [2.24, 2.45) is 11.8 Å². The third-order valence-electron chi connectivity index (χ3n) is 3.60. The number of hydrogen-bond acceptors (Lipinski definition) is 4. The number of aliphatic hydroxyl groups excluding tert-OH is 2. The van der Waals surface area contributed by atoms with Gasteiger partial charge in [-0.25, -0.2) is 4.79 Å². The van der Waals surface area contributed by atoms with Gasteiger partial charge in [0.05, 0.1) is 0 Å². The lowest BCUT2D eigenvalue weighted by atomic mass is 9.90. The Hall–Kier alpha value is -1.59. The Morgan fingerprint density at radius 1 is 1.15 bits per heavy atom. The van der Waals surface area contributed by atoms with Crippen LogP contribution < -0.4 is 0 Å². The zero-order chi connectivity index (χ0) is 14.4. The summed E-state index contributed by atoms with van der Waals surface area (Å²) in [4.78, 5) is 13.6. The van der Waals surface area contributed by atoms with Crippen LogP contribution in [0.2, 0.25) is 0 Å². The number of carbonyl (C=O) groups excluding carboxylic acids is 1. The molecule has 20 heavy (non-hydrogen) atoms. The van der Waals surface area contributed by atoms with Crippen LogP contribution in [0.15, 0.2) is 30.3 Å². The minimum atomic E-state index is -0.384. The van der Waals surface area contributed by atoms with E-state index >= 15 is 0 Å². The van der Waals surface area contributed by atoms with Gasteiger partial charge in [0.25, 0.3) is 0 Å². The number of carbonyl (C=O) groups is 1. The normalized spacial score (nSPS) is 22.6. The van der Waals surface area contributed by atoms with E-state index in [1.165, 1.54) is 0 Å². The molecular weight excluding hydrogens is 258 g/mol. The van der Waals surface area contributed by atoms with Gasteiger partial charge in [-0.3, -0.25) is 0 Å². The fraction of sp³-hybridized carbons (Fsp3) is 0.533. The maximum Gasteiger partial charge on any atom is 0.410 e. The van der Waals surface area contributed by atoms with Gasteiger partial charge < -0.3 is 19.8 Å². The number of amides is 1. The predicted octanol–water partition coefficient (Wildman–Crippen LogP) is 1.25. The molecule has 1 heterocycles. The van der Waals surface area contributed by atoms with E-state index in [9.17, 15) is 15.0 Å². The number of hydrogen-bond donors (Lipinski definition) is 2. The Morgan fingerprint density at radius 2 is 1.75 bits per heavy atom. The van der Waals surface area contributed by atoms with Crippen LogP contribution >= 0.6 is 0 Å². The number of aliphatic hydroxyl groups is 2. The lowest BCUT2D eigenvalue weighted by Gasteiger charge is -2.35. The number of piperidine rings is 1. The minimum absolute atomic E-state index is 0.0187. The fourth-order valence-electron chi connectivity index (χ4n) is 2.54. The largest absolute Gasteiger partial charge is 0.445 e. The molecule has 0 unspecified atom stereocenters. The quantitative estimate of drug-likeness (QED) is 0.870. The van der Waals surface area contributed by atoms with E-state index in [0.717, 1.165) is 12.0 Å². The topological polar surface area (TPSA) is 70.0 Å². The van der Waals surface area contributed by atoms with E-state index in [4.69, 9.17) is 4.74 Å². The molecule has 0 radical (unpaired) electrons. The second-order valence-electron chi connectivity index (χ2n) is 5.28. The predicted molar refractivity (Wildman–Crippen MR) is 74.0 cm³/mol. The van der Waals surface area contributed by atoms with Crippen LogP contribution in [0.5, 0.6) is 0 Å². The van der Waals surface area contributed by atoms with Crippen molar-refractivity contribution in [1.29, 1.82) is 0 Å². The second-order valence-corrected chi connectivity index (χ2v) is 5.28. The molecule has 0 aromatic heterocycles. The summed E-state index contributed by atoms with van der Waals surface area (Å²) in [6.45, 7) is 1.27. The lowest BCUT2D eigenvalue weighted by molar-refractivity contribution is 0.0381. The van der Waals surface area contributed by atoms with Crippen LogP contribution in [0, 0.1) is 11.8 Å². The van der Waals surface area contributed by atoms with E-state index in [1.807, 2.05) is 30.3 Å². The summed E-state index contributed by atoms with van der Waals surface area (Å²) in [5, 5.41) is 18.5. The van der Waals surface area contributed by atoms with Crippen molar-refractivity contribution in [3.8, 4) is 0 Å². The van der Waals surface area contributed by atoms with Crippen LogP contribution in [0.25, 0.3) is 0 Å². The monoisotopic (exact) mass is 279 g/mol. The molecule has 5 nitrogen and oxygen atoms in total. The smallest absolute Gasteiger partial charge is 0.410 e. The van der Waals surface area contributed by atoms with Gasteiger partial charge >= 0.3 is 6.09 Å². The van der Waals surface area contributed by atoms with Crippen molar-refractivity contribution in [3.05, 3.63) is 35.9 Å². The van der Waals surface area contributed by atoms with Gasteiger partial charge in [0, 0.05) is 38.1 Å². The van der Waals surface area contributed by atoms with Crippen molar-refractivity contribution >= 4 is 6.09 Å². The summed E-state index contributed by atoms with van der Waals surface area (Å²) in [6, 6.07) is 9.50. The van der Waals surface area contributed by atoms with E-state index in [1.54, 1.807) is 4.90 Å². The molecule has 1 amide bonds. The molecule has 1 aliphatic heterocycles. The summed E-state index contributed by atoms with van der Waals surface area (Å²) in [5.74, 6) is 0.0374. The molecule has 1 saturated heterocycles. The van der Waals surface area contributed by atoms with Gasteiger partial charge in [0.1, 0.15) is 6.61 Å². The SMILES string of the molecule is O=C(OCc1ccccc1)N1C[C@H](CO)C[C@@H](CO)C1. The first-order chi connectivity index (χ1) is 9.72. The number of rotatable bonds is 4. The van der Waals surface area contributed by atoms with Crippen molar-refractivity contribution in [3.63, 3.8) is 0 Å². The number of likely N-dealkylation sites (tertiary alicyclic amines) is 1. The first-order valence-corrected chi connectivity index (χ1v) is 6.90. The second kappa shape index (κ2) is 7.26. The standard InChI is InChI=1S/C15H21NO4/c17-9-13-6-14(10-18)8-16(7-13)15(19)20-11-12-4-2-1-3-5-12/h1-5,13-14,17-18H,6-11H2/t13-,14-/m1/s1. The fourth-order valence-corrected chi connectivity index (χ4v) is 2.54. The Labute approximate surface area is 118 Å². The van der Waals surface area contributed by atoms with Crippen LogP contribution in [-0.2, 0) is 11.3 Å². The molecule has 2 atom stereocenters. The third-order valence-corrected chi connectivity index (χ3v) is 3.60. The molecule has 2 N–H and O–H groups in total. The molecule has 1 aromatic rings. The Morgan fingerprint density at radius 3 is 2.30 bits per heavy atom. The van der Waals surface area contributed by atoms with Crippen molar-refractivity contribution in [2.75, 3.05) is 26.3 Å². The summed E-state index contributed by atoms with van der Waals surface area (Å²) in [7, 11) is 0. The van der Waals surface area contributed by atoms with Crippen molar-refractivity contribution in [2.45, 2.75) is 13.0 Å². The molecule has 1 aromatic carbocycles. The number of nitrogens with zero attached hydrogens (tertiary/aromatic N) is 1. The van der Waals surface area contributed by atoms with Crippen LogP contribution in [0.4, 0.5) is 4.79 Å². The van der Waals surface area contributed by atoms with Crippen molar-refractivity contribution < 1.29 is 19.7 Å². The van der Waals surface area contributed by atoms with Gasteiger partial charge in [-0.1, -0.05) is 30.3 Å². The van der Waals surface area contributed by atoms with E-state index < -0.39 is 0 Å². The van der Waals surface area contributed by atoms with E-state index in [0.29, 0.717) is 13.1 Å². The minimum Gasteiger partial charge on any atom is -0.445 e. The highest BCUT2D eigenvalue weighted by Crippen LogP contribution is 2.22. The average molecular weight is 279 g/mol. The molecule has 0 bridgehead atoms. The zero-order valence-electron chi connectivity index (χ0n) is 11.4. The van der Waals surface area contributed by atoms with Gasteiger partial charge in [-0.2, -0.15) is 0 Å². The first kappa shape index (κ1) is 14.8.